The molecule has 76 valence electrons. The number of rotatable bonds is 3. The Bertz CT molecular complexity index is 315. The van der Waals surface area contributed by atoms with Gasteiger partial charge in [0.15, 0.2) is 0 Å². The number of aliphatic hydroxyl groups excluding tert-OH is 1. The largest absolute Gasteiger partial charge is 0.508 e. The van der Waals surface area contributed by atoms with E-state index in [0.29, 0.717) is 6.42 Å². The third-order valence-corrected chi connectivity index (χ3v) is 1.98. The molecule has 1 atom stereocenters. The van der Waals surface area contributed by atoms with Gasteiger partial charge in [0.2, 0.25) is 0 Å². The monoisotopic (exact) mass is 195 g/mol. The normalized spacial score (nSPS) is 18.1. The molecule has 0 aliphatic heterocycles. The molecule has 0 bridgehead atoms. The van der Waals surface area contributed by atoms with Gasteiger partial charge in [-0.15, -0.1) is 0 Å². The highest BCUT2D eigenvalue weighted by molar-refractivity contribution is 5.68. The van der Waals surface area contributed by atoms with Gasteiger partial charge in [0.05, 0.1) is 6.42 Å². The smallest absolute Gasteiger partial charge is 0.305 e. The van der Waals surface area contributed by atoms with E-state index >= 15 is 0 Å². The van der Waals surface area contributed by atoms with Gasteiger partial charge in [0.25, 0.3) is 0 Å². The second-order valence-corrected chi connectivity index (χ2v) is 3.14. The molecule has 1 aliphatic carbocycles. The Hall–Kier alpha value is -1.55. The van der Waals surface area contributed by atoms with E-state index in [2.05, 4.69) is 0 Å². The maximum atomic E-state index is 10.4. The lowest BCUT2D eigenvalue weighted by molar-refractivity contribution is -0.137. The molecular weight excluding hydrogens is 182 g/mol. The van der Waals surface area contributed by atoms with E-state index < -0.39 is 12.0 Å². The predicted octanol–water partition coefficient (Wildman–Crippen LogP) is 1.12. The fraction of sp³-hybridized carbons (Fsp3) is 0.300. The first-order valence-electron chi connectivity index (χ1n) is 4.33. The summed E-state index contributed by atoms with van der Waals surface area (Å²) in [5, 5.41) is 17.7. The molecule has 0 unspecified atom stereocenters. The predicted molar refractivity (Wildman–Crippen MR) is 52.8 cm³/mol. The maximum Gasteiger partial charge on any atom is 0.305 e. The molecule has 1 aliphatic rings. The average Bonchev–Trinajstić information content (AvgIpc) is 2.28. The van der Waals surface area contributed by atoms with Crippen LogP contribution in [0.2, 0.25) is 0 Å². The average molecular weight is 195 g/mol. The van der Waals surface area contributed by atoms with Gasteiger partial charge in [-0.05, 0) is 24.1 Å². The second kappa shape index (κ2) is 4.62. The highest BCUT2D eigenvalue weighted by atomic mass is 16.4. The van der Waals surface area contributed by atoms with Gasteiger partial charge in [-0.2, -0.15) is 0 Å². The van der Waals surface area contributed by atoms with Gasteiger partial charge in [-0.3, -0.25) is 4.79 Å². The van der Waals surface area contributed by atoms with Crippen LogP contribution in [-0.2, 0) is 4.79 Å². The van der Waals surface area contributed by atoms with Crippen molar-refractivity contribution in [3.05, 3.63) is 35.6 Å². The van der Waals surface area contributed by atoms with E-state index in [4.69, 9.17) is 15.9 Å². The fourth-order valence-corrected chi connectivity index (χ4v) is 1.23. The minimum atomic E-state index is -0.917. The molecule has 0 aromatic heterocycles. The SMILES string of the molecule is N[C@@H](CC(=O)O)C1=CC=C(O)C=CC1. The molecule has 0 heterocycles. The van der Waals surface area contributed by atoms with Gasteiger partial charge in [-0.25, -0.2) is 0 Å². The highest BCUT2D eigenvalue weighted by Crippen LogP contribution is 2.14. The number of aliphatic carboxylic acids is 1. The van der Waals surface area contributed by atoms with E-state index in [-0.39, 0.29) is 12.2 Å². The van der Waals surface area contributed by atoms with E-state index in [1.165, 1.54) is 6.08 Å². The van der Waals surface area contributed by atoms with Crippen LogP contribution in [0.5, 0.6) is 0 Å². The molecule has 0 saturated heterocycles. The summed E-state index contributed by atoms with van der Waals surface area (Å²) in [5.41, 5.74) is 6.48. The van der Waals surface area contributed by atoms with Crippen LogP contribution in [0.25, 0.3) is 0 Å². The van der Waals surface area contributed by atoms with Crippen molar-refractivity contribution in [1.29, 1.82) is 0 Å². The van der Waals surface area contributed by atoms with E-state index in [9.17, 15) is 4.79 Å². The molecule has 0 radical (unpaired) electrons. The molecule has 4 nitrogen and oxygen atoms in total. The Balaban J connectivity index is 2.69. The van der Waals surface area contributed by atoms with Crippen LogP contribution in [0.1, 0.15) is 12.8 Å². The van der Waals surface area contributed by atoms with Crippen LogP contribution in [0.3, 0.4) is 0 Å². The molecule has 4 N–H and O–H groups in total. The number of nitrogens with two attached hydrogens (primary N) is 1. The molecule has 0 amide bonds. The first-order chi connectivity index (χ1) is 6.59. The summed E-state index contributed by atoms with van der Waals surface area (Å²) in [5.74, 6) is -0.762. The molecule has 0 aromatic carbocycles. The molecule has 1 rings (SSSR count). The lowest BCUT2D eigenvalue weighted by Gasteiger charge is -2.10. The molecule has 14 heavy (non-hydrogen) atoms. The number of carbonyl (C=O) groups is 1. The first-order valence-corrected chi connectivity index (χ1v) is 4.33. The van der Waals surface area contributed by atoms with Crippen molar-refractivity contribution in [2.24, 2.45) is 5.73 Å². The van der Waals surface area contributed by atoms with Crippen molar-refractivity contribution in [1.82, 2.24) is 0 Å². The zero-order chi connectivity index (χ0) is 10.6. The van der Waals surface area contributed by atoms with Crippen molar-refractivity contribution >= 4 is 5.97 Å². The number of hydrogen-bond acceptors (Lipinski definition) is 3. The van der Waals surface area contributed by atoms with E-state index in [1.807, 2.05) is 0 Å². The number of hydrogen-bond donors (Lipinski definition) is 3. The quantitative estimate of drug-likeness (QED) is 0.630. The Morgan fingerprint density at radius 1 is 1.57 bits per heavy atom. The summed E-state index contributed by atoms with van der Waals surface area (Å²) in [6.07, 6.45) is 7.00. The van der Waals surface area contributed by atoms with Gasteiger partial charge in [0.1, 0.15) is 5.76 Å². The third kappa shape index (κ3) is 3.06. The minimum Gasteiger partial charge on any atom is -0.508 e. The number of allylic oxidation sites excluding steroid dienone is 4. The summed E-state index contributed by atoms with van der Waals surface area (Å²) in [4.78, 5) is 10.4. The zero-order valence-corrected chi connectivity index (χ0v) is 7.68. The maximum absolute atomic E-state index is 10.4. The Morgan fingerprint density at radius 3 is 2.93 bits per heavy atom. The topological polar surface area (TPSA) is 83.6 Å². The van der Waals surface area contributed by atoms with Crippen molar-refractivity contribution in [2.45, 2.75) is 18.9 Å². The third-order valence-electron chi connectivity index (χ3n) is 1.98. The summed E-state index contributed by atoms with van der Waals surface area (Å²) >= 11 is 0. The fourth-order valence-electron chi connectivity index (χ4n) is 1.23. The van der Waals surface area contributed by atoms with Crippen LogP contribution < -0.4 is 5.73 Å². The number of aliphatic hydroxyl groups is 1. The van der Waals surface area contributed by atoms with Gasteiger partial charge < -0.3 is 15.9 Å². The lowest BCUT2D eigenvalue weighted by atomic mass is 10.0. The van der Waals surface area contributed by atoms with Crippen molar-refractivity contribution in [3.63, 3.8) is 0 Å². The molecule has 4 heteroatoms. The molecule has 0 spiro atoms. The summed E-state index contributed by atoms with van der Waals surface area (Å²) in [6.45, 7) is 0. The standard InChI is InChI=1S/C10H13NO3/c11-9(6-10(13)14)7-2-1-3-8(12)5-4-7/h1,3-5,9,12H,2,6,11H2,(H,13,14)/t9-/m0/s1. The second-order valence-electron chi connectivity index (χ2n) is 3.14. The molecule has 0 fully saturated rings. The number of carboxylic acid groups (broad SMARTS) is 1. The van der Waals surface area contributed by atoms with Gasteiger partial charge in [-0.1, -0.05) is 12.2 Å². The van der Waals surface area contributed by atoms with Crippen molar-refractivity contribution in [2.75, 3.05) is 0 Å². The van der Waals surface area contributed by atoms with E-state index in [1.54, 1.807) is 18.2 Å². The Kier molecular flexibility index (Phi) is 3.48. The number of carboxylic acids is 1. The van der Waals surface area contributed by atoms with Crippen molar-refractivity contribution < 1.29 is 15.0 Å². The highest BCUT2D eigenvalue weighted by Gasteiger charge is 2.12. The van der Waals surface area contributed by atoms with Crippen molar-refractivity contribution in [3.8, 4) is 0 Å². The molecule has 0 aromatic rings. The van der Waals surface area contributed by atoms with Gasteiger partial charge in [0, 0.05) is 6.04 Å². The molecular formula is C10H13NO3. The Labute approximate surface area is 82.0 Å². The minimum absolute atomic E-state index is 0.0890. The summed E-state index contributed by atoms with van der Waals surface area (Å²) in [6, 6.07) is -0.487. The van der Waals surface area contributed by atoms with E-state index in [0.717, 1.165) is 5.57 Å². The Morgan fingerprint density at radius 2 is 2.29 bits per heavy atom. The van der Waals surface area contributed by atoms with Crippen LogP contribution in [0.4, 0.5) is 0 Å². The van der Waals surface area contributed by atoms with Crippen LogP contribution in [-0.4, -0.2) is 22.2 Å². The summed E-state index contributed by atoms with van der Waals surface area (Å²) in [7, 11) is 0. The zero-order valence-electron chi connectivity index (χ0n) is 7.68. The molecule has 0 saturated carbocycles. The lowest BCUT2D eigenvalue weighted by Crippen LogP contribution is -2.25. The summed E-state index contributed by atoms with van der Waals surface area (Å²) < 4.78 is 0. The van der Waals surface area contributed by atoms with Crippen LogP contribution in [0.15, 0.2) is 35.6 Å². The first kappa shape index (κ1) is 10.5. The van der Waals surface area contributed by atoms with Crippen LogP contribution in [0, 0.1) is 0 Å². The van der Waals surface area contributed by atoms with Crippen LogP contribution >= 0.6 is 0 Å². The van der Waals surface area contributed by atoms with Gasteiger partial charge >= 0.3 is 5.97 Å².